The predicted octanol–water partition coefficient (Wildman–Crippen LogP) is 3.68. The number of rotatable bonds is 6. The van der Waals surface area contributed by atoms with Gasteiger partial charge in [0, 0.05) is 0 Å². The summed E-state index contributed by atoms with van der Waals surface area (Å²) in [6.07, 6.45) is 1.57. The second kappa shape index (κ2) is 7.53. The lowest BCUT2D eigenvalue weighted by molar-refractivity contribution is -0.118. The van der Waals surface area contributed by atoms with Crippen LogP contribution in [0.5, 0.6) is 11.5 Å². The van der Waals surface area contributed by atoms with Gasteiger partial charge in [-0.3, -0.25) is 10.1 Å². The lowest BCUT2D eigenvalue weighted by atomic mass is 10.1. The van der Waals surface area contributed by atoms with Crippen molar-refractivity contribution in [3.05, 3.63) is 60.3 Å². The van der Waals surface area contributed by atoms with Crippen molar-refractivity contribution in [2.24, 2.45) is 0 Å². The van der Waals surface area contributed by atoms with Gasteiger partial charge in [-0.2, -0.15) is 0 Å². The van der Waals surface area contributed by atoms with Crippen LogP contribution in [0.15, 0.2) is 59.3 Å². The molecule has 0 bridgehead atoms. The predicted molar refractivity (Wildman–Crippen MR) is 93.8 cm³/mol. The number of nitrogens with zero attached hydrogens (tertiary/aromatic N) is 1. The summed E-state index contributed by atoms with van der Waals surface area (Å²) in [6.45, 7) is 1.84. The Kier molecular flexibility index (Phi) is 4.99. The lowest BCUT2D eigenvalue weighted by Gasteiger charge is -2.10. The maximum absolute atomic E-state index is 12.2. The maximum atomic E-state index is 12.2. The van der Waals surface area contributed by atoms with Crippen molar-refractivity contribution >= 4 is 11.8 Å². The molecule has 1 N–H and O–H groups in total. The van der Waals surface area contributed by atoms with Gasteiger partial charge in [-0.15, -0.1) is 0 Å². The van der Waals surface area contributed by atoms with E-state index in [9.17, 15) is 4.79 Å². The topological polar surface area (TPSA) is 73.6 Å². The van der Waals surface area contributed by atoms with Gasteiger partial charge in [0.15, 0.2) is 18.1 Å². The largest absolute Gasteiger partial charge is 0.493 e. The second-order valence-electron chi connectivity index (χ2n) is 5.42. The number of aryl methyl sites for hydroxylation is 1. The van der Waals surface area contributed by atoms with Gasteiger partial charge in [-0.1, -0.05) is 47.1 Å². The average Bonchev–Trinajstić information content (AvgIpc) is 3.09. The zero-order valence-electron chi connectivity index (χ0n) is 14.0. The molecule has 0 spiro atoms. The van der Waals surface area contributed by atoms with E-state index >= 15 is 0 Å². The van der Waals surface area contributed by atoms with E-state index in [2.05, 4.69) is 10.5 Å². The highest BCUT2D eigenvalue weighted by atomic mass is 16.5. The smallest absolute Gasteiger partial charge is 0.264 e. The molecule has 0 saturated carbocycles. The van der Waals surface area contributed by atoms with Gasteiger partial charge in [0.25, 0.3) is 5.91 Å². The van der Waals surface area contributed by atoms with Crippen LogP contribution >= 0.6 is 0 Å². The highest BCUT2D eigenvalue weighted by molar-refractivity contribution is 5.94. The molecule has 0 aliphatic rings. The van der Waals surface area contributed by atoms with E-state index in [1.807, 2.05) is 43.3 Å². The number of aromatic nitrogens is 1. The van der Waals surface area contributed by atoms with Gasteiger partial charge >= 0.3 is 0 Å². The molecule has 6 nitrogen and oxygen atoms in total. The van der Waals surface area contributed by atoms with Crippen molar-refractivity contribution in [2.75, 3.05) is 19.0 Å². The molecule has 0 aliphatic heterocycles. The second-order valence-corrected chi connectivity index (χ2v) is 5.42. The van der Waals surface area contributed by atoms with Crippen LogP contribution < -0.4 is 14.8 Å². The Morgan fingerprint density at radius 2 is 1.84 bits per heavy atom. The van der Waals surface area contributed by atoms with Crippen molar-refractivity contribution in [3.8, 4) is 22.6 Å². The summed E-state index contributed by atoms with van der Waals surface area (Å²) < 4.78 is 15.8. The number of anilines is 1. The number of benzene rings is 2. The van der Waals surface area contributed by atoms with Gasteiger partial charge in [0.1, 0.15) is 0 Å². The number of para-hydroxylation sites is 2. The van der Waals surface area contributed by atoms with Crippen molar-refractivity contribution < 1.29 is 18.8 Å². The summed E-state index contributed by atoms with van der Waals surface area (Å²) in [5.41, 5.74) is 2.77. The third kappa shape index (κ3) is 3.98. The highest BCUT2D eigenvalue weighted by Crippen LogP contribution is 2.28. The highest BCUT2D eigenvalue weighted by Gasteiger charge is 2.14. The van der Waals surface area contributed by atoms with Crippen LogP contribution in [-0.4, -0.2) is 24.8 Å². The summed E-state index contributed by atoms with van der Waals surface area (Å²) >= 11 is 0. The zero-order valence-corrected chi connectivity index (χ0v) is 14.0. The Hall–Kier alpha value is -3.28. The van der Waals surface area contributed by atoms with E-state index in [-0.39, 0.29) is 18.4 Å². The minimum absolute atomic E-state index is 0.172. The fourth-order valence-electron chi connectivity index (χ4n) is 2.31. The number of amides is 1. The number of hydrogen-bond donors (Lipinski definition) is 1. The minimum Gasteiger partial charge on any atom is -0.493 e. The molecule has 1 aromatic heterocycles. The van der Waals surface area contributed by atoms with E-state index in [0.717, 1.165) is 11.1 Å². The number of methoxy groups -OCH3 is 1. The lowest BCUT2D eigenvalue weighted by Crippen LogP contribution is -2.20. The summed E-state index contributed by atoms with van der Waals surface area (Å²) in [5.74, 6) is 1.00. The molecule has 0 atom stereocenters. The van der Waals surface area contributed by atoms with Crippen LogP contribution in [0.2, 0.25) is 0 Å². The Morgan fingerprint density at radius 1 is 1.12 bits per heavy atom. The third-order valence-corrected chi connectivity index (χ3v) is 3.61. The van der Waals surface area contributed by atoms with Gasteiger partial charge in [-0.25, -0.2) is 0 Å². The molecule has 128 valence electrons. The molecule has 0 saturated heterocycles. The summed E-state index contributed by atoms with van der Waals surface area (Å²) in [4.78, 5) is 12.2. The molecule has 0 aliphatic carbocycles. The molecule has 0 radical (unpaired) electrons. The Bertz CT molecular complexity index is 856. The van der Waals surface area contributed by atoms with E-state index in [1.54, 1.807) is 25.4 Å². The molecule has 6 heteroatoms. The Balaban J connectivity index is 1.66. The number of carbonyl (C=O) groups is 1. The molecule has 25 heavy (non-hydrogen) atoms. The molecule has 3 aromatic rings. The van der Waals surface area contributed by atoms with Crippen LogP contribution in [-0.2, 0) is 4.79 Å². The SMILES string of the molecule is COc1ccccc1OCC(=O)Nc1oncc1-c1ccc(C)cc1. The first kappa shape index (κ1) is 16.6. The van der Waals surface area contributed by atoms with Crippen molar-refractivity contribution in [1.82, 2.24) is 5.16 Å². The van der Waals surface area contributed by atoms with Crippen molar-refractivity contribution in [2.45, 2.75) is 6.92 Å². The van der Waals surface area contributed by atoms with Gasteiger partial charge in [0.05, 0.1) is 18.9 Å². The quantitative estimate of drug-likeness (QED) is 0.742. The Morgan fingerprint density at radius 3 is 2.56 bits per heavy atom. The fourth-order valence-corrected chi connectivity index (χ4v) is 2.31. The fraction of sp³-hybridized carbons (Fsp3) is 0.158. The van der Waals surface area contributed by atoms with Crippen molar-refractivity contribution in [3.63, 3.8) is 0 Å². The van der Waals surface area contributed by atoms with Crippen LogP contribution in [0.3, 0.4) is 0 Å². The van der Waals surface area contributed by atoms with Gasteiger partial charge in [-0.05, 0) is 24.6 Å². The number of nitrogens with one attached hydrogen (secondary N) is 1. The zero-order chi connectivity index (χ0) is 17.6. The van der Waals surface area contributed by atoms with Crippen LogP contribution in [0, 0.1) is 6.92 Å². The van der Waals surface area contributed by atoms with Gasteiger partial charge in [0.2, 0.25) is 5.88 Å². The molecule has 0 unspecified atom stereocenters. The molecular formula is C19H18N2O4. The maximum Gasteiger partial charge on any atom is 0.264 e. The average molecular weight is 338 g/mol. The van der Waals surface area contributed by atoms with Crippen LogP contribution in [0.4, 0.5) is 5.88 Å². The summed E-state index contributed by atoms with van der Waals surface area (Å²) in [7, 11) is 1.55. The van der Waals surface area contributed by atoms with E-state index in [0.29, 0.717) is 17.1 Å². The summed E-state index contributed by atoms with van der Waals surface area (Å²) in [6, 6.07) is 15.0. The summed E-state index contributed by atoms with van der Waals surface area (Å²) in [5, 5.41) is 6.45. The minimum atomic E-state index is -0.351. The standard InChI is InChI=1S/C19H18N2O4/c1-13-7-9-14(10-8-13)15-11-20-25-19(15)21-18(22)12-24-17-6-4-3-5-16(17)23-2/h3-11H,12H2,1-2H3,(H,21,22). The van der Waals surface area contributed by atoms with Crippen LogP contribution in [0.1, 0.15) is 5.56 Å². The van der Waals surface area contributed by atoms with E-state index in [4.69, 9.17) is 14.0 Å². The van der Waals surface area contributed by atoms with E-state index in [1.165, 1.54) is 0 Å². The first-order valence-corrected chi connectivity index (χ1v) is 7.75. The van der Waals surface area contributed by atoms with E-state index < -0.39 is 0 Å². The van der Waals surface area contributed by atoms with Gasteiger partial charge < -0.3 is 14.0 Å². The number of carbonyl (C=O) groups excluding carboxylic acids is 1. The normalized spacial score (nSPS) is 10.3. The Labute approximate surface area is 145 Å². The molecule has 1 heterocycles. The number of ether oxygens (including phenoxy) is 2. The number of hydrogen-bond acceptors (Lipinski definition) is 5. The third-order valence-electron chi connectivity index (χ3n) is 3.61. The monoisotopic (exact) mass is 338 g/mol. The van der Waals surface area contributed by atoms with Crippen LogP contribution in [0.25, 0.3) is 11.1 Å². The molecule has 3 rings (SSSR count). The molecular weight excluding hydrogens is 320 g/mol. The first-order chi connectivity index (χ1) is 12.2. The molecule has 2 aromatic carbocycles. The molecule has 0 fully saturated rings. The molecule has 1 amide bonds. The van der Waals surface area contributed by atoms with Crippen molar-refractivity contribution in [1.29, 1.82) is 0 Å². The first-order valence-electron chi connectivity index (χ1n) is 7.75.